The van der Waals surface area contributed by atoms with Crippen molar-refractivity contribution in [2.75, 3.05) is 6.54 Å². The Labute approximate surface area is 86.2 Å². The van der Waals surface area contributed by atoms with Crippen LogP contribution in [-0.2, 0) is 0 Å². The Kier molecular flexibility index (Phi) is 3.39. The highest BCUT2D eigenvalue weighted by Gasteiger charge is 2.13. The van der Waals surface area contributed by atoms with Gasteiger partial charge in [-0.1, -0.05) is 23.2 Å². The summed E-state index contributed by atoms with van der Waals surface area (Å²) in [5.41, 5.74) is 11.5. The lowest BCUT2D eigenvalue weighted by Gasteiger charge is -2.12. The van der Waals surface area contributed by atoms with Crippen molar-refractivity contribution in [1.82, 2.24) is 0 Å². The Bertz CT molecular complexity index is 317. The Morgan fingerprint density at radius 2 is 2.00 bits per heavy atom. The standard InChI is InChI=1S/C8H10Cl2N2O/c9-4-1-5(7(12)3-11)8(13)6(10)2-4/h1-2,7,13H,3,11-12H2/t7-/m0/s1. The summed E-state index contributed by atoms with van der Waals surface area (Å²) in [6, 6.07) is 2.56. The van der Waals surface area contributed by atoms with E-state index in [0.29, 0.717) is 10.6 Å². The molecule has 13 heavy (non-hydrogen) atoms. The molecule has 1 aromatic rings. The van der Waals surface area contributed by atoms with Gasteiger partial charge >= 0.3 is 0 Å². The number of aromatic hydroxyl groups is 1. The molecule has 0 saturated heterocycles. The predicted molar refractivity (Wildman–Crippen MR) is 54.1 cm³/mol. The molecular formula is C8H10Cl2N2O. The summed E-state index contributed by atoms with van der Waals surface area (Å²) >= 11 is 11.4. The van der Waals surface area contributed by atoms with Gasteiger partial charge in [0.2, 0.25) is 0 Å². The van der Waals surface area contributed by atoms with Crippen LogP contribution in [0.15, 0.2) is 12.1 Å². The fraction of sp³-hybridized carbons (Fsp3) is 0.250. The van der Waals surface area contributed by atoms with Crippen molar-refractivity contribution in [2.24, 2.45) is 11.5 Å². The van der Waals surface area contributed by atoms with Crippen molar-refractivity contribution in [3.8, 4) is 5.75 Å². The number of benzene rings is 1. The SMILES string of the molecule is NC[C@H](N)c1cc(Cl)cc(Cl)c1O. The highest BCUT2D eigenvalue weighted by Crippen LogP contribution is 2.33. The average molecular weight is 221 g/mol. The van der Waals surface area contributed by atoms with Gasteiger partial charge in [-0.25, -0.2) is 0 Å². The minimum atomic E-state index is -0.448. The molecule has 0 heterocycles. The monoisotopic (exact) mass is 220 g/mol. The molecule has 0 spiro atoms. The van der Waals surface area contributed by atoms with E-state index in [1.807, 2.05) is 0 Å². The maximum atomic E-state index is 9.50. The molecule has 0 aliphatic rings. The predicted octanol–water partition coefficient (Wildman–Crippen LogP) is 1.66. The van der Waals surface area contributed by atoms with E-state index >= 15 is 0 Å². The number of halogens is 2. The fourth-order valence-corrected chi connectivity index (χ4v) is 1.50. The lowest BCUT2D eigenvalue weighted by molar-refractivity contribution is 0.462. The van der Waals surface area contributed by atoms with Crippen molar-refractivity contribution in [3.05, 3.63) is 27.7 Å². The van der Waals surface area contributed by atoms with Crippen LogP contribution in [0.2, 0.25) is 10.0 Å². The molecule has 3 nitrogen and oxygen atoms in total. The van der Waals surface area contributed by atoms with Gasteiger partial charge in [-0.2, -0.15) is 0 Å². The van der Waals surface area contributed by atoms with Gasteiger partial charge < -0.3 is 16.6 Å². The first-order valence-electron chi connectivity index (χ1n) is 3.69. The third-order valence-electron chi connectivity index (χ3n) is 1.71. The Balaban J connectivity index is 3.20. The van der Waals surface area contributed by atoms with Crippen LogP contribution in [0, 0.1) is 0 Å². The van der Waals surface area contributed by atoms with Crippen LogP contribution in [-0.4, -0.2) is 11.7 Å². The second-order valence-electron chi connectivity index (χ2n) is 2.67. The van der Waals surface area contributed by atoms with E-state index < -0.39 is 6.04 Å². The normalized spacial score (nSPS) is 12.9. The molecule has 0 bridgehead atoms. The van der Waals surface area contributed by atoms with E-state index in [1.54, 1.807) is 6.07 Å². The third-order valence-corrected chi connectivity index (χ3v) is 2.22. The first kappa shape index (κ1) is 10.6. The van der Waals surface area contributed by atoms with Gasteiger partial charge in [0.25, 0.3) is 0 Å². The molecule has 0 unspecified atom stereocenters. The van der Waals surface area contributed by atoms with Gasteiger partial charge in [0, 0.05) is 23.2 Å². The van der Waals surface area contributed by atoms with Crippen LogP contribution in [0.5, 0.6) is 5.75 Å². The first-order valence-corrected chi connectivity index (χ1v) is 4.45. The minimum absolute atomic E-state index is 0.0518. The number of hydrogen-bond donors (Lipinski definition) is 3. The maximum absolute atomic E-state index is 9.50. The van der Waals surface area contributed by atoms with Crippen molar-refractivity contribution in [2.45, 2.75) is 6.04 Å². The van der Waals surface area contributed by atoms with E-state index in [-0.39, 0.29) is 17.3 Å². The zero-order chi connectivity index (χ0) is 10.0. The summed E-state index contributed by atoms with van der Waals surface area (Å²) in [5.74, 6) is -0.0518. The smallest absolute Gasteiger partial charge is 0.139 e. The van der Waals surface area contributed by atoms with Gasteiger partial charge in [0.15, 0.2) is 0 Å². The molecule has 5 N–H and O–H groups in total. The van der Waals surface area contributed by atoms with Crippen molar-refractivity contribution in [3.63, 3.8) is 0 Å². The molecule has 0 amide bonds. The Hall–Kier alpha value is -0.480. The van der Waals surface area contributed by atoms with Gasteiger partial charge in [0.1, 0.15) is 5.75 Å². The van der Waals surface area contributed by atoms with Crippen molar-refractivity contribution in [1.29, 1.82) is 0 Å². The highest BCUT2D eigenvalue weighted by molar-refractivity contribution is 6.35. The Morgan fingerprint density at radius 3 is 2.54 bits per heavy atom. The van der Waals surface area contributed by atoms with Crippen LogP contribution in [0.3, 0.4) is 0 Å². The largest absolute Gasteiger partial charge is 0.506 e. The van der Waals surface area contributed by atoms with Crippen LogP contribution >= 0.6 is 23.2 Å². The van der Waals surface area contributed by atoms with E-state index in [2.05, 4.69) is 0 Å². The van der Waals surface area contributed by atoms with Crippen LogP contribution in [0.25, 0.3) is 0 Å². The van der Waals surface area contributed by atoms with E-state index in [0.717, 1.165) is 0 Å². The summed E-state index contributed by atoms with van der Waals surface area (Å²) in [5, 5.41) is 10.1. The molecule has 0 aliphatic heterocycles. The summed E-state index contributed by atoms with van der Waals surface area (Å²) in [6.07, 6.45) is 0. The molecule has 0 fully saturated rings. The molecule has 0 saturated carbocycles. The number of rotatable bonds is 2. The van der Waals surface area contributed by atoms with Crippen molar-refractivity contribution >= 4 is 23.2 Å². The topological polar surface area (TPSA) is 72.3 Å². The van der Waals surface area contributed by atoms with Crippen molar-refractivity contribution < 1.29 is 5.11 Å². The molecule has 0 aromatic heterocycles. The first-order chi connectivity index (χ1) is 6.06. The summed E-state index contributed by atoms with van der Waals surface area (Å²) in [4.78, 5) is 0. The summed E-state index contributed by atoms with van der Waals surface area (Å²) < 4.78 is 0. The molecule has 0 aliphatic carbocycles. The Morgan fingerprint density at radius 1 is 1.38 bits per heavy atom. The number of hydrogen-bond acceptors (Lipinski definition) is 3. The van der Waals surface area contributed by atoms with Gasteiger partial charge in [-0.3, -0.25) is 0 Å². The lowest BCUT2D eigenvalue weighted by Crippen LogP contribution is -2.20. The van der Waals surface area contributed by atoms with Crippen LogP contribution in [0.4, 0.5) is 0 Å². The molecule has 72 valence electrons. The lowest BCUT2D eigenvalue weighted by atomic mass is 10.1. The molecule has 5 heteroatoms. The molecule has 1 atom stereocenters. The maximum Gasteiger partial charge on any atom is 0.139 e. The zero-order valence-electron chi connectivity index (χ0n) is 6.80. The average Bonchev–Trinajstić information content (AvgIpc) is 2.10. The number of nitrogens with two attached hydrogens (primary N) is 2. The van der Waals surface area contributed by atoms with Gasteiger partial charge in [-0.15, -0.1) is 0 Å². The zero-order valence-corrected chi connectivity index (χ0v) is 8.31. The van der Waals surface area contributed by atoms with Gasteiger partial charge in [-0.05, 0) is 12.1 Å². The van der Waals surface area contributed by atoms with Crippen LogP contribution in [0.1, 0.15) is 11.6 Å². The highest BCUT2D eigenvalue weighted by atomic mass is 35.5. The van der Waals surface area contributed by atoms with E-state index in [9.17, 15) is 5.11 Å². The van der Waals surface area contributed by atoms with E-state index in [1.165, 1.54) is 6.07 Å². The number of phenols is 1. The fourth-order valence-electron chi connectivity index (χ4n) is 0.996. The number of phenolic OH excluding ortho intramolecular Hbond substituents is 1. The summed E-state index contributed by atoms with van der Waals surface area (Å²) in [6.45, 7) is 0.226. The van der Waals surface area contributed by atoms with Gasteiger partial charge in [0.05, 0.1) is 5.02 Å². The second kappa shape index (κ2) is 4.15. The van der Waals surface area contributed by atoms with E-state index in [4.69, 9.17) is 34.7 Å². The molecule has 0 radical (unpaired) electrons. The van der Waals surface area contributed by atoms with Crippen LogP contribution < -0.4 is 11.5 Å². The molecule has 1 rings (SSSR count). The second-order valence-corrected chi connectivity index (χ2v) is 3.51. The quantitative estimate of drug-likeness (QED) is 0.710. The molecular weight excluding hydrogens is 211 g/mol. The third kappa shape index (κ3) is 2.25. The molecule has 1 aromatic carbocycles. The summed E-state index contributed by atoms with van der Waals surface area (Å²) in [7, 11) is 0. The minimum Gasteiger partial charge on any atom is -0.506 e.